The van der Waals surface area contributed by atoms with Gasteiger partial charge in [0.15, 0.2) is 0 Å². The summed E-state index contributed by atoms with van der Waals surface area (Å²) in [5, 5.41) is 2.79. The lowest BCUT2D eigenvalue weighted by Crippen LogP contribution is -2.16. The van der Waals surface area contributed by atoms with Crippen LogP contribution < -0.4 is 16.6 Å². The van der Waals surface area contributed by atoms with Crippen molar-refractivity contribution >= 4 is 11.6 Å². The van der Waals surface area contributed by atoms with E-state index in [1.165, 1.54) is 0 Å². The molecule has 0 radical (unpaired) electrons. The van der Waals surface area contributed by atoms with Crippen molar-refractivity contribution in [1.82, 2.24) is 4.98 Å². The molecule has 4 N–H and O–H groups in total. The minimum Gasteiger partial charge on any atom is -0.380 e. The molecule has 0 atom stereocenters. The van der Waals surface area contributed by atoms with Crippen molar-refractivity contribution in [3.63, 3.8) is 0 Å². The summed E-state index contributed by atoms with van der Waals surface area (Å²) in [4.78, 5) is 3.91. The van der Waals surface area contributed by atoms with E-state index in [1.807, 2.05) is 0 Å². The topological polar surface area (TPSA) is 72.2 Å². The van der Waals surface area contributed by atoms with Gasteiger partial charge in [-0.15, -0.1) is 0 Å². The number of anilines is 2. The number of nitrogens with zero attached hydrogens (tertiary/aromatic N) is 1. The Morgan fingerprint density at radius 1 is 1.24 bits per heavy atom. The van der Waals surface area contributed by atoms with Crippen molar-refractivity contribution < 1.29 is 17.9 Å². The monoisotopic (exact) mass is 306 g/mol. The molecule has 0 aliphatic rings. The molecule has 0 amide bonds. The average Bonchev–Trinajstić information content (AvgIpc) is 2.41. The summed E-state index contributed by atoms with van der Waals surface area (Å²) in [6, 6.07) is 1.79. The third-order valence-electron chi connectivity index (χ3n) is 2.69. The fraction of sp³-hybridized carbons (Fsp3) is 0.615. The van der Waals surface area contributed by atoms with Gasteiger partial charge in [0.05, 0.1) is 12.2 Å². The van der Waals surface area contributed by atoms with E-state index in [0.29, 0.717) is 25.7 Å². The maximum atomic E-state index is 12.7. The summed E-state index contributed by atoms with van der Waals surface area (Å²) >= 11 is 0. The first-order valence-corrected chi connectivity index (χ1v) is 6.70. The van der Waals surface area contributed by atoms with Crippen LogP contribution in [0.15, 0.2) is 12.1 Å². The third kappa shape index (κ3) is 6.63. The van der Waals surface area contributed by atoms with Gasteiger partial charge in [0.25, 0.3) is 0 Å². The van der Waals surface area contributed by atoms with Crippen molar-refractivity contribution in [2.75, 3.05) is 30.5 Å². The second-order valence-corrected chi connectivity index (χ2v) is 4.99. The van der Waals surface area contributed by atoms with Crippen LogP contribution in [0.5, 0.6) is 0 Å². The van der Waals surface area contributed by atoms with E-state index < -0.39 is 11.7 Å². The first-order chi connectivity index (χ1) is 9.82. The molecular formula is C13H21F3N4O. The molecule has 120 valence electrons. The van der Waals surface area contributed by atoms with Gasteiger partial charge in [-0.1, -0.05) is 13.8 Å². The van der Waals surface area contributed by atoms with Gasteiger partial charge in [-0.25, -0.2) is 10.8 Å². The van der Waals surface area contributed by atoms with E-state index >= 15 is 0 Å². The quantitative estimate of drug-likeness (QED) is 0.391. The molecule has 8 heteroatoms. The molecule has 0 saturated carbocycles. The van der Waals surface area contributed by atoms with Crippen molar-refractivity contribution in [2.24, 2.45) is 11.8 Å². The van der Waals surface area contributed by atoms with E-state index in [1.54, 1.807) is 0 Å². The molecule has 1 aromatic rings. The number of rotatable bonds is 8. The van der Waals surface area contributed by atoms with Gasteiger partial charge in [-0.3, -0.25) is 0 Å². The molecule has 0 bridgehead atoms. The minimum atomic E-state index is -4.45. The van der Waals surface area contributed by atoms with E-state index in [-0.39, 0.29) is 11.6 Å². The zero-order chi connectivity index (χ0) is 15.9. The lowest BCUT2D eigenvalue weighted by Gasteiger charge is -2.12. The van der Waals surface area contributed by atoms with Crippen LogP contribution in [0.4, 0.5) is 24.8 Å². The van der Waals surface area contributed by atoms with E-state index in [2.05, 4.69) is 29.6 Å². The van der Waals surface area contributed by atoms with Crippen LogP contribution in [0, 0.1) is 5.92 Å². The number of hydrogen-bond acceptors (Lipinski definition) is 5. The summed E-state index contributed by atoms with van der Waals surface area (Å²) < 4.78 is 43.5. The Labute approximate surface area is 122 Å². The van der Waals surface area contributed by atoms with Crippen LogP contribution in [-0.2, 0) is 10.9 Å². The zero-order valence-corrected chi connectivity index (χ0v) is 12.1. The number of halogens is 3. The highest BCUT2D eigenvalue weighted by Crippen LogP contribution is 2.31. The first kappa shape index (κ1) is 17.5. The SMILES string of the molecule is CC(C)CCOCCNc1cc(C(F)(F)F)cc(NN)n1. The molecule has 1 rings (SSSR count). The summed E-state index contributed by atoms with van der Waals surface area (Å²) in [6.45, 7) is 5.59. The number of ether oxygens (including phenoxy) is 1. The summed E-state index contributed by atoms with van der Waals surface area (Å²) in [5.74, 6) is 5.73. The fourth-order valence-corrected chi connectivity index (χ4v) is 1.53. The van der Waals surface area contributed by atoms with Crippen LogP contribution in [0.2, 0.25) is 0 Å². The molecule has 5 nitrogen and oxygen atoms in total. The smallest absolute Gasteiger partial charge is 0.380 e. The zero-order valence-electron chi connectivity index (χ0n) is 12.1. The van der Waals surface area contributed by atoms with Crippen LogP contribution in [-0.4, -0.2) is 24.7 Å². The molecule has 0 aromatic carbocycles. The van der Waals surface area contributed by atoms with Crippen LogP contribution >= 0.6 is 0 Å². The predicted molar refractivity (Wildman–Crippen MR) is 75.8 cm³/mol. The van der Waals surface area contributed by atoms with Gasteiger partial charge in [0.2, 0.25) is 0 Å². The van der Waals surface area contributed by atoms with Crippen LogP contribution in [0.1, 0.15) is 25.8 Å². The van der Waals surface area contributed by atoms with Crippen LogP contribution in [0.3, 0.4) is 0 Å². The molecule has 1 heterocycles. The lowest BCUT2D eigenvalue weighted by atomic mass is 10.1. The average molecular weight is 306 g/mol. The molecule has 0 unspecified atom stereocenters. The maximum Gasteiger partial charge on any atom is 0.416 e. The highest BCUT2D eigenvalue weighted by molar-refractivity contribution is 5.49. The molecular weight excluding hydrogens is 285 g/mol. The molecule has 21 heavy (non-hydrogen) atoms. The second kappa shape index (κ2) is 8.04. The standard InChI is InChI=1S/C13H21F3N4O/c1-9(2)3-5-21-6-4-18-11-7-10(13(14,15)16)8-12(19-11)20-17/h7-9H,3-6,17H2,1-2H3,(H2,18,19,20). The van der Waals surface area contributed by atoms with Gasteiger partial charge < -0.3 is 15.5 Å². The van der Waals surface area contributed by atoms with Crippen molar-refractivity contribution in [2.45, 2.75) is 26.4 Å². The van der Waals surface area contributed by atoms with Crippen molar-refractivity contribution in [3.8, 4) is 0 Å². The maximum absolute atomic E-state index is 12.7. The van der Waals surface area contributed by atoms with E-state index in [4.69, 9.17) is 10.6 Å². The van der Waals surface area contributed by atoms with E-state index in [0.717, 1.165) is 18.6 Å². The lowest BCUT2D eigenvalue weighted by molar-refractivity contribution is -0.137. The number of alkyl halides is 3. The largest absolute Gasteiger partial charge is 0.416 e. The first-order valence-electron chi connectivity index (χ1n) is 6.70. The Bertz CT molecular complexity index is 438. The Balaban J connectivity index is 2.51. The third-order valence-corrected chi connectivity index (χ3v) is 2.69. The van der Waals surface area contributed by atoms with Gasteiger partial charge in [0, 0.05) is 13.2 Å². The Morgan fingerprint density at radius 3 is 2.48 bits per heavy atom. The Hall–Kier alpha value is -1.54. The highest BCUT2D eigenvalue weighted by atomic mass is 19.4. The number of nitrogens with one attached hydrogen (secondary N) is 2. The van der Waals surface area contributed by atoms with Crippen molar-refractivity contribution in [3.05, 3.63) is 17.7 Å². The van der Waals surface area contributed by atoms with Crippen molar-refractivity contribution in [1.29, 1.82) is 0 Å². The number of hydrogen-bond donors (Lipinski definition) is 3. The predicted octanol–water partition coefficient (Wildman–Crippen LogP) is 2.86. The number of pyridine rings is 1. The molecule has 0 spiro atoms. The Morgan fingerprint density at radius 2 is 1.90 bits per heavy atom. The molecule has 0 aliphatic carbocycles. The van der Waals surface area contributed by atoms with Gasteiger partial charge >= 0.3 is 6.18 Å². The fourth-order valence-electron chi connectivity index (χ4n) is 1.53. The second-order valence-electron chi connectivity index (χ2n) is 4.99. The summed E-state index contributed by atoms with van der Waals surface area (Å²) in [7, 11) is 0. The summed E-state index contributed by atoms with van der Waals surface area (Å²) in [6.07, 6.45) is -3.50. The number of nitrogens with two attached hydrogens (primary N) is 1. The number of nitrogen functional groups attached to an aromatic ring is 1. The number of hydrazine groups is 1. The van der Waals surface area contributed by atoms with Gasteiger partial charge in [0.1, 0.15) is 11.6 Å². The normalized spacial score (nSPS) is 11.8. The molecule has 0 fully saturated rings. The molecule has 0 saturated heterocycles. The van der Waals surface area contributed by atoms with Gasteiger partial charge in [-0.05, 0) is 24.5 Å². The molecule has 1 aromatic heterocycles. The van der Waals surface area contributed by atoms with Gasteiger partial charge in [-0.2, -0.15) is 13.2 Å². The van der Waals surface area contributed by atoms with Crippen LogP contribution in [0.25, 0.3) is 0 Å². The number of aromatic nitrogens is 1. The summed E-state index contributed by atoms with van der Waals surface area (Å²) in [5.41, 5.74) is 1.31. The van der Waals surface area contributed by atoms with E-state index in [9.17, 15) is 13.2 Å². The Kier molecular flexibility index (Phi) is 6.70. The molecule has 0 aliphatic heterocycles. The highest BCUT2D eigenvalue weighted by Gasteiger charge is 2.31. The minimum absolute atomic E-state index is 0.0481.